The molecule has 3 rings (SSSR count). The molecule has 0 aliphatic heterocycles. The zero-order valence-corrected chi connectivity index (χ0v) is 16.0. The minimum atomic E-state index is -0.993. The van der Waals surface area contributed by atoms with Gasteiger partial charge in [-0.2, -0.15) is 0 Å². The van der Waals surface area contributed by atoms with Crippen molar-refractivity contribution in [3.63, 3.8) is 0 Å². The zero-order valence-electron chi connectivity index (χ0n) is 16.0. The van der Waals surface area contributed by atoms with Gasteiger partial charge < -0.3 is 23.4 Å². The van der Waals surface area contributed by atoms with Crippen molar-refractivity contribution in [1.82, 2.24) is 0 Å². The van der Waals surface area contributed by atoms with Crippen LogP contribution in [0.1, 0.15) is 6.92 Å². The van der Waals surface area contributed by atoms with Gasteiger partial charge in [-0.25, -0.2) is 4.79 Å². The lowest BCUT2D eigenvalue weighted by Crippen LogP contribution is -2.27. The number of carbonyl (C=O) groups excluding carboxylic acids is 1. The van der Waals surface area contributed by atoms with Gasteiger partial charge in [0.25, 0.3) is 0 Å². The van der Waals surface area contributed by atoms with E-state index in [1.807, 2.05) is 0 Å². The molecule has 1 atom stereocenters. The van der Waals surface area contributed by atoms with E-state index < -0.39 is 12.1 Å². The SMILES string of the molecule is COC(=O)C(C)Oc1c(-c2ccc(OC)c(OC)c2)oc2ccccc2c1=O. The maximum absolute atomic E-state index is 13.1. The summed E-state index contributed by atoms with van der Waals surface area (Å²) in [7, 11) is 4.29. The molecule has 0 bridgehead atoms. The van der Waals surface area contributed by atoms with Gasteiger partial charge in [-0.1, -0.05) is 12.1 Å². The van der Waals surface area contributed by atoms with Crippen LogP contribution in [0.25, 0.3) is 22.3 Å². The third kappa shape index (κ3) is 3.51. The number of carbonyl (C=O) groups is 1. The summed E-state index contributed by atoms with van der Waals surface area (Å²) in [6.07, 6.45) is -0.993. The summed E-state index contributed by atoms with van der Waals surface area (Å²) < 4.78 is 26.9. The van der Waals surface area contributed by atoms with Crippen LogP contribution in [-0.4, -0.2) is 33.4 Å². The highest BCUT2D eigenvalue weighted by atomic mass is 16.6. The van der Waals surface area contributed by atoms with E-state index in [0.29, 0.717) is 28.0 Å². The van der Waals surface area contributed by atoms with Gasteiger partial charge in [0, 0.05) is 5.56 Å². The number of para-hydroxylation sites is 1. The standard InChI is InChI=1S/C21H20O7/c1-12(21(23)26-4)27-20-18(22)14-7-5-6-8-15(14)28-19(20)13-9-10-16(24-2)17(11-13)25-3/h5-12H,1-4H3. The predicted octanol–water partition coefficient (Wildman–Crippen LogP) is 3.42. The van der Waals surface area contributed by atoms with E-state index in [2.05, 4.69) is 0 Å². The predicted molar refractivity (Wildman–Crippen MR) is 103 cm³/mol. The summed E-state index contributed by atoms with van der Waals surface area (Å²) in [6, 6.07) is 11.9. The van der Waals surface area contributed by atoms with Crippen molar-refractivity contribution in [2.75, 3.05) is 21.3 Å². The van der Waals surface area contributed by atoms with Crippen LogP contribution in [0.5, 0.6) is 17.2 Å². The molecule has 1 unspecified atom stereocenters. The van der Waals surface area contributed by atoms with Gasteiger partial charge in [0.2, 0.25) is 11.2 Å². The van der Waals surface area contributed by atoms with Crippen molar-refractivity contribution in [3.05, 3.63) is 52.7 Å². The van der Waals surface area contributed by atoms with Gasteiger partial charge in [-0.15, -0.1) is 0 Å². The third-order valence-electron chi connectivity index (χ3n) is 4.23. The van der Waals surface area contributed by atoms with Crippen LogP contribution in [0.2, 0.25) is 0 Å². The Morgan fingerprint density at radius 2 is 1.71 bits per heavy atom. The van der Waals surface area contributed by atoms with Crippen LogP contribution in [0, 0.1) is 0 Å². The van der Waals surface area contributed by atoms with Gasteiger partial charge >= 0.3 is 5.97 Å². The molecule has 0 fully saturated rings. The average Bonchev–Trinajstić information content (AvgIpc) is 2.74. The molecule has 28 heavy (non-hydrogen) atoms. The number of hydrogen-bond acceptors (Lipinski definition) is 7. The van der Waals surface area contributed by atoms with Gasteiger partial charge in [-0.3, -0.25) is 4.79 Å². The molecule has 1 aromatic heterocycles. The van der Waals surface area contributed by atoms with E-state index in [9.17, 15) is 9.59 Å². The monoisotopic (exact) mass is 384 g/mol. The van der Waals surface area contributed by atoms with Crippen molar-refractivity contribution >= 4 is 16.9 Å². The van der Waals surface area contributed by atoms with E-state index in [-0.39, 0.29) is 16.9 Å². The third-order valence-corrected chi connectivity index (χ3v) is 4.23. The van der Waals surface area contributed by atoms with E-state index in [4.69, 9.17) is 23.4 Å². The van der Waals surface area contributed by atoms with E-state index in [1.165, 1.54) is 28.3 Å². The number of methoxy groups -OCH3 is 3. The Balaban J connectivity index is 2.24. The van der Waals surface area contributed by atoms with Gasteiger partial charge in [0.05, 0.1) is 26.7 Å². The molecule has 2 aromatic carbocycles. The maximum Gasteiger partial charge on any atom is 0.346 e. The zero-order chi connectivity index (χ0) is 20.3. The van der Waals surface area contributed by atoms with Gasteiger partial charge in [0.1, 0.15) is 5.58 Å². The van der Waals surface area contributed by atoms with Crippen molar-refractivity contribution < 1.29 is 28.2 Å². The highest BCUT2D eigenvalue weighted by Gasteiger charge is 2.24. The number of benzene rings is 2. The van der Waals surface area contributed by atoms with Crippen molar-refractivity contribution in [2.24, 2.45) is 0 Å². The first-order valence-corrected chi connectivity index (χ1v) is 8.52. The molecule has 0 radical (unpaired) electrons. The number of esters is 1. The van der Waals surface area contributed by atoms with Crippen LogP contribution < -0.4 is 19.6 Å². The molecule has 7 nitrogen and oxygen atoms in total. The lowest BCUT2D eigenvalue weighted by Gasteiger charge is -2.16. The molecule has 0 aliphatic carbocycles. The topological polar surface area (TPSA) is 84.2 Å². The second kappa shape index (κ2) is 8.04. The summed E-state index contributed by atoms with van der Waals surface area (Å²) in [5.41, 5.74) is 0.547. The number of hydrogen-bond donors (Lipinski definition) is 0. The Morgan fingerprint density at radius 3 is 2.39 bits per heavy atom. The van der Waals surface area contributed by atoms with Crippen LogP contribution in [0.3, 0.4) is 0 Å². The molecule has 0 spiro atoms. The summed E-state index contributed by atoms with van der Waals surface area (Å²) in [5, 5.41) is 0.346. The first kappa shape index (κ1) is 19.3. The van der Waals surface area contributed by atoms with Crippen molar-refractivity contribution in [2.45, 2.75) is 13.0 Å². The Hall–Kier alpha value is -3.48. The fourth-order valence-corrected chi connectivity index (χ4v) is 2.79. The summed E-state index contributed by atoms with van der Waals surface area (Å²) in [5.74, 6) is 0.484. The summed E-state index contributed by atoms with van der Waals surface area (Å²) >= 11 is 0. The molecular formula is C21H20O7. The molecule has 0 aliphatic rings. The molecule has 1 heterocycles. The highest BCUT2D eigenvalue weighted by molar-refractivity contribution is 5.83. The molecule has 3 aromatic rings. The Bertz CT molecular complexity index is 1070. The second-order valence-corrected chi connectivity index (χ2v) is 5.94. The molecule has 0 saturated carbocycles. The quantitative estimate of drug-likeness (QED) is 0.602. The molecular weight excluding hydrogens is 364 g/mol. The highest BCUT2D eigenvalue weighted by Crippen LogP contribution is 2.37. The summed E-state index contributed by atoms with van der Waals surface area (Å²) in [4.78, 5) is 24.9. The molecule has 7 heteroatoms. The van der Waals surface area contributed by atoms with Crippen LogP contribution in [0.4, 0.5) is 0 Å². The maximum atomic E-state index is 13.1. The van der Waals surface area contributed by atoms with Crippen LogP contribution in [-0.2, 0) is 9.53 Å². The Morgan fingerprint density at radius 1 is 1.00 bits per heavy atom. The van der Waals surface area contributed by atoms with Crippen molar-refractivity contribution in [3.8, 4) is 28.6 Å². The molecule has 0 N–H and O–H groups in total. The van der Waals surface area contributed by atoms with Crippen molar-refractivity contribution in [1.29, 1.82) is 0 Å². The average molecular weight is 384 g/mol. The lowest BCUT2D eigenvalue weighted by molar-refractivity contribution is -0.147. The van der Waals surface area contributed by atoms with E-state index in [0.717, 1.165) is 0 Å². The van der Waals surface area contributed by atoms with Crippen LogP contribution >= 0.6 is 0 Å². The molecule has 146 valence electrons. The lowest BCUT2D eigenvalue weighted by atomic mass is 10.1. The largest absolute Gasteiger partial charge is 0.493 e. The first-order chi connectivity index (χ1) is 13.5. The smallest absolute Gasteiger partial charge is 0.346 e. The first-order valence-electron chi connectivity index (χ1n) is 8.52. The Labute approximate surface area is 161 Å². The Kier molecular flexibility index (Phi) is 5.54. The minimum Gasteiger partial charge on any atom is -0.493 e. The van der Waals surface area contributed by atoms with Gasteiger partial charge in [-0.05, 0) is 37.3 Å². The second-order valence-electron chi connectivity index (χ2n) is 5.94. The number of fused-ring (bicyclic) bond motifs is 1. The van der Waals surface area contributed by atoms with E-state index in [1.54, 1.807) is 42.5 Å². The van der Waals surface area contributed by atoms with Gasteiger partial charge in [0.15, 0.2) is 23.4 Å². The van der Waals surface area contributed by atoms with E-state index >= 15 is 0 Å². The molecule has 0 amide bonds. The normalized spacial score (nSPS) is 11.7. The minimum absolute atomic E-state index is 0.0798. The fourth-order valence-electron chi connectivity index (χ4n) is 2.79. The number of rotatable bonds is 6. The summed E-state index contributed by atoms with van der Waals surface area (Å²) in [6.45, 7) is 1.50. The molecule has 0 saturated heterocycles. The fraction of sp³-hybridized carbons (Fsp3) is 0.238. The number of ether oxygens (including phenoxy) is 4. The van der Waals surface area contributed by atoms with Crippen LogP contribution in [0.15, 0.2) is 51.7 Å².